The molecule has 1 N–H and O–H groups in total. The van der Waals surface area contributed by atoms with Crippen molar-refractivity contribution in [1.29, 1.82) is 0 Å². The molecule has 98 valence electrons. The minimum atomic E-state index is 0.305. The predicted molar refractivity (Wildman–Crippen MR) is 80.6 cm³/mol. The van der Waals surface area contributed by atoms with Crippen LogP contribution in [0.4, 0.5) is 0 Å². The predicted octanol–water partition coefficient (Wildman–Crippen LogP) is 3.62. The number of aromatic nitrogens is 1. The van der Waals surface area contributed by atoms with Crippen LogP contribution in [0.1, 0.15) is 30.1 Å². The molecule has 1 aromatic heterocycles. The fourth-order valence-electron chi connectivity index (χ4n) is 2.45. The molecule has 2 aromatic rings. The number of nitrogens with one attached hydrogen (secondary N) is 1. The molecular formula is C16H18N2S. The lowest BCUT2D eigenvalue weighted by Crippen LogP contribution is -2.25. The van der Waals surface area contributed by atoms with E-state index in [1.807, 2.05) is 30.1 Å². The highest BCUT2D eigenvalue weighted by molar-refractivity contribution is 7.99. The molecule has 3 rings (SSSR count). The first-order valence-corrected chi connectivity index (χ1v) is 7.69. The molecule has 1 aliphatic heterocycles. The van der Waals surface area contributed by atoms with Gasteiger partial charge in [-0.3, -0.25) is 4.98 Å². The van der Waals surface area contributed by atoms with Gasteiger partial charge in [0.1, 0.15) is 0 Å². The standard InChI is InChI=1S/C16H18N2S/c1-12(15-7-4-5-9-17-15)18-10-13-11-19-16-8-3-2-6-14(13)16/h2-9,12-13,18H,10-11H2,1H3/t12-,13?/m0/s1. The van der Waals surface area contributed by atoms with E-state index in [1.54, 1.807) is 0 Å². The van der Waals surface area contributed by atoms with Gasteiger partial charge in [0.05, 0.1) is 5.69 Å². The lowest BCUT2D eigenvalue weighted by Gasteiger charge is -2.17. The minimum Gasteiger partial charge on any atom is -0.308 e. The molecule has 2 heterocycles. The SMILES string of the molecule is C[C@H](NCC1CSc2ccccc21)c1ccccn1. The van der Waals surface area contributed by atoms with E-state index in [2.05, 4.69) is 47.6 Å². The van der Waals surface area contributed by atoms with Crippen molar-refractivity contribution in [1.82, 2.24) is 10.3 Å². The van der Waals surface area contributed by atoms with Gasteiger partial charge in [-0.2, -0.15) is 0 Å². The molecule has 1 unspecified atom stereocenters. The summed E-state index contributed by atoms with van der Waals surface area (Å²) in [6.07, 6.45) is 1.86. The van der Waals surface area contributed by atoms with Crippen molar-refractivity contribution < 1.29 is 0 Å². The first kappa shape index (κ1) is 12.7. The van der Waals surface area contributed by atoms with E-state index in [1.165, 1.54) is 16.2 Å². The van der Waals surface area contributed by atoms with Crippen molar-refractivity contribution in [3.8, 4) is 0 Å². The largest absolute Gasteiger partial charge is 0.308 e. The van der Waals surface area contributed by atoms with Crippen LogP contribution < -0.4 is 5.32 Å². The van der Waals surface area contributed by atoms with Gasteiger partial charge in [-0.25, -0.2) is 0 Å². The molecule has 0 spiro atoms. The van der Waals surface area contributed by atoms with Crippen LogP contribution >= 0.6 is 11.8 Å². The van der Waals surface area contributed by atoms with Crippen LogP contribution in [-0.4, -0.2) is 17.3 Å². The third-order valence-corrected chi connectivity index (χ3v) is 4.85. The number of hydrogen-bond donors (Lipinski definition) is 1. The normalized spacial score (nSPS) is 19.1. The Morgan fingerprint density at radius 1 is 1.26 bits per heavy atom. The highest BCUT2D eigenvalue weighted by Gasteiger charge is 2.22. The third kappa shape index (κ3) is 2.82. The van der Waals surface area contributed by atoms with Gasteiger partial charge >= 0.3 is 0 Å². The topological polar surface area (TPSA) is 24.9 Å². The summed E-state index contributed by atoms with van der Waals surface area (Å²) < 4.78 is 0. The zero-order valence-electron chi connectivity index (χ0n) is 11.0. The van der Waals surface area contributed by atoms with Gasteiger partial charge in [-0.05, 0) is 30.7 Å². The second kappa shape index (κ2) is 5.76. The molecule has 0 radical (unpaired) electrons. The maximum Gasteiger partial charge on any atom is 0.0570 e. The summed E-state index contributed by atoms with van der Waals surface area (Å²) >= 11 is 1.97. The molecule has 0 saturated carbocycles. The maximum atomic E-state index is 4.40. The van der Waals surface area contributed by atoms with E-state index < -0.39 is 0 Å². The first-order valence-electron chi connectivity index (χ1n) is 6.70. The second-order valence-electron chi connectivity index (χ2n) is 4.93. The van der Waals surface area contributed by atoms with Crippen LogP contribution in [-0.2, 0) is 0 Å². The third-order valence-electron chi connectivity index (χ3n) is 3.60. The van der Waals surface area contributed by atoms with E-state index in [-0.39, 0.29) is 0 Å². The number of fused-ring (bicyclic) bond motifs is 1. The molecule has 0 saturated heterocycles. The minimum absolute atomic E-state index is 0.305. The Morgan fingerprint density at radius 3 is 2.95 bits per heavy atom. The Balaban J connectivity index is 1.62. The maximum absolute atomic E-state index is 4.40. The lowest BCUT2D eigenvalue weighted by atomic mass is 10.0. The van der Waals surface area contributed by atoms with Crippen molar-refractivity contribution in [3.05, 3.63) is 59.9 Å². The first-order chi connectivity index (χ1) is 9.34. The number of rotatable bonds is 4. The van der Waals surface area contributed by atoms with E-state index in [9.17, 15) is 0 Å². The van der Waals surface area contributed by atoms with Crippen LogP contribution in [0, 0.1) is 0 Å². The summed E-state index contributed by atoms with van der Waals surface area (Å²) in [6.45, 7) is 3.19. The van der Waals surface area contributed by atoms with Crippen LogP contribution in [0.5, 0.6) is 0 Å². The smallest absolute Gasteiger partial charge is 0.0570 e. The van der Waals surface area contributed by atoms with Crippen molar-refractivity contribution in [2.45, 2.75) is 23.8 Å². The number of thioether (sulfide) groups is 1. The van der Waals surface area contributed by atoms with Crippen molar-refractivity contribution in [2.24, 2.45) is 0 Å². The molecule has 1 aliphatic rings. The summed E-state index contributed by atoms with van der Waals surface area (Å²) in [5.74, 6) is 1.80. The average molecular weight is 270 g/mol. The fraction of sp³-hybridized carbons (Fsp3) is 0.312. The average Bonchev–Trinajstić information content (AvgIpc) is 2.89. The number of nitrogens with zero attached hydrogens (tertiary/aromatic N) is 1. The Hall–Kier alpha value is -1.32. The molecule has 0 fully saturated rings. The quantitative estimate of drug-likeness (QED) is 0.918. The number of benzene rings is 1. The van der Waals surface area contributed by atoms with Crippen molar-refractivity contribution in [2.75, 3.05) is 12.3 Å². The molecule has 0 amide bonds. The van der Waals surface area contributed by atoms with Crippen LogP contribution in [0.2, 0.25) is 0 Å². The summed E-state index contributed by atoms with van der Waals surface area (Å²) in [7, 11) is 0. The summed E-state index contributed by atoms with van der Waals surface area (Å²) in [6, 6.07) is 15.1. The molecule has 19 heavy (non-hydrogen) atoms. The van der Waals surface area contributed by atoms with E-state index in [0.717, 1.165) is 12.2 Å². The zero-order chi connectivity index (χ0) is 13.1. The second-order valence-corrected chi connectivity index (χ2v) is 5.99. The van der Waals surface area contributed by atoms with Gasteiger partial charge in [-0.15, -0.1) is 11.8 Å². The highest BCUT2D eigenvalue weighted by Crippen LogP contribution is 2.38. The number of pyridine rings is 1. The molecule has 3 heteroatoms. The van der Waals surface area contributed by atoms with Gasteiger partial charge in [0, 0.05) is 35.3 Å². The lowest BCUT2D eigenvalue weighted by molar-refractivity contribution is 0.531. The van der Waals surface area contributed by atoms with Crippen molar-refractivity contribution in [3.63, 3.8) is 0 Å². The summed E-state index contributed by atoms with van der Waals surface area (Å²) in [4.78, 5) is 5.84. The summed E-state index contributed by atoms with van der Waals surface area (Å²) in [5, 5.41) is 3.61. The molecule has 2 nitrogen and oxygen atoms in total. The van der Waals surface area contributed by atoms with E-state index in [0.29, 0.717) is 12.0 Å². The highest BCUT2D eigenvalue weighted by atomic mass is 32.2. The molecule has 1 aromatic carbocycles. The molecule has 0 bridgehead atoms. The fourth-order valence-corrected chi connectivity index (χ4v) is 3.71. The zero-order valence-corrected chi connectivity index (χ0v) is 11.9. The monoisotopic (exact) mass is 270 g/mol. The van der Waals surface area contributed by atoms with E-state index >= 15 is 0 Å². The van der Waals surface area contributed by atoms with Crippen LogP contribution in [0.3, 0.4) is 0 Å². The van der Waals surface area contributed by atoms with Gasteiger partial charge in [0.25, 0.3) is 0 Å². The Morgan fingerprint density at radius 2 is 2.11 bits per heavy atom. The molecular weight excluding hydrogens is 252 g/mol. The van der Waals surface area contributed by atoms with Crippen LogP contribution in [0.15, 0.2) is 53.6 Å². The Kier molecular flexibility index (Phi) is 3.85. The van der Waals surface area contributed by atoms with Gasteiger partial charge in [-0.1, -0.05) is 24.3 Å². The molecule has 2 atom stereocenters. The van der Waals surface area contributed by atoms with Gasteiger partial charge < -0.3 is 5.32 Å². The van der Waals surface area contributed by atoms with Gasteiger partial charge in [0.15, 0.2) is 0 Å². The van der Waals surface area contributed by atoms with E-state index in [4.69, 9.17) is 0 Å². The Labute approximate surface area is 118 Å². The van der Waals surface area contributed by atoms with Gasteiger partial charge in [0.2, 0.25) is 0 Å². The number of hydrogen-bond acceptors (Lipinski definition) is 3. The summed E-state index contributed by atoms with van der Waals surface area (Å²) in [5.41, 5.74) is 2.61. The van der Waals surface area contributed by atoms with Crippen LogP contribution in [0.25, 0.3) is 0 Å². The molecule has 0 aliphatic carbocycles. The van der Waals surface area contributed by atoms with Crippen molar-refractivity contribution >= 4 is 11.8 Å². The Bertz CT molecular complexity index is 541.